The zero-order valence-corrected chi connectivity index (χ0v) is 13.1. The van der Waals surface area contributed by atoms with Crippen molar-refractivity contribution in [1.29, 1.82) is 0 Å². The number of rotatable bonds is 3. The van der Waals surface area contributed by atoms with Crippen LogP contribution < -0.4 is 10.6 Å². The molecule has 0 unspecified atom stereocenters. The number of nitrogens with one attached hydrogen (secondary N) is 2. The van der Waals surface area contributed by atoms with Gasteiger partial charge in [0, 0.05) is 31.9 Å². The van der Waals surface area contributed by atoms with Gasteiger partial charge in [0.2, 0.25) is 5.91 Å². The Kier molecular flexibility index (Phi) is 4.41. The predicted octanol–water partition coefficient (Wildman–Crippen LogP) is 1.58. The van der Waals surface area contributed by atoms with Crippen molar-refractivity contribution in [2.24, 2.45) is 0 Å². The van der Waals surface area contributed by atoms with Gasteiger partial charge in [0.15, 0.2) is 0 Å². The molecule has 1 aromatic carbocycles. The third kappa shape index (κ3) is 3.05. The topological polar surface area (TPSA) is 74.3 Å². The van der Waals surface area contributed by atoms with Crippen LogP contribution in [0.2, 0.25) is 0 Å². The van der Waals surface area contributed by atoms with Crippen molar-refractivity contribution in [3.8, 4) is 0 Å². The summed E-state index contributed by atoms with van der Waals surface area (Å²) in [5.41, 5.74) is 0.869. The van der Waals surface area contributed by atoms with E-state index in [4.69, 9.17) is 0 Å². The molecule has 3 rings (SSSR count). The van der Waals surface area contributed by atoms with E-state index in [0.29, 0.717) is 30.0 Å². The van der Waals surface area contributed by atoms with E-state index < -0.39 is 11.9 Å². The Labute approximate surface area is 138 Å². The Hall–Kier alpha value is -2.96. The minimum Gasteiger partial charge on any atom is -0.373 e. The summed E-state index contributed by atoms with van der Waals surface area (Å²) in [7, 11) is 1.71. The molecule has 0 saturated carbocycles. The first-order valence-corrected chi connectivity index (χ1v) is 7.58. The lowest BCUT2D eigenvalue weighted by Crippen LogP contribution is -2.52. The zero-order valence-electron chi connectivity index (χ0n) is 13.1. The Morgan fingerprint density at radius 3 is 2.96 bits per heavy atom. The van der Waals surface area contributed by atoms with Gasteiger partial charge in [-0.2, -0.15) is 0 Å². The number of nitrogens with zero attached hydrogens (tertiary/aromatic N) is 2. The Balaban J connectivity index is 1.96. The predicted molar refractivity (Wildman–Crippen MR) is 87.0 cm³/mol. The first-order chi connectivity index (χ1) is 11.6. The molecule has 1 saturated heterocycles. The zero-order chi connectivity index (χ0) is 17.1. The van der Waals surface area contributed by atoms with Crippen LogP contribution in [0.4, 0.5) is 10.2 Å². The van der Waals surface area contributed by atoms with Crippen LogP contribution in [0.25, 0.3) is 0 Å². The molecule has 1 aromatic heterocycles. The molecule has 24 heavy (non-hydrogen) atoms. The van der Waals surface area contributed by atoms with Gasteiger partial charge in [-0.15, -0.1) is 0 Å². The summed E-state index contributed by atoms with van der Waals surface area (Å²) in [4.78, 5) is 30.7. The van der Waals surface area contributed by atoms with Crippen molar-refractivity contribution in [2.45, 2.75) is 6.04 Å². The van der Waals surface area contributed by atoms with Crippen LogP contribution in [0.1, 0.15) is 22.0 Å². The van der Waals surface area contributed by atoms with Crippen LogP contribution in [0.15, 0.2) is 42.6 Å². The molecule has 2 amide bonds. The molecule has 6 nitrogen and oxygen atoms in total. The number of anilines is 1. The Bertz CT molecular complexity index is 781. The highest BCUT2D eigenvalue weighted by Crippen LogP contribution is 2.26. The molecule has 1 aliphatic heterocycles. The van der Waals surface area contributed by atoms with Crippen LogP contribution in [0, 0.1) is 5.82 Å². The number of hydrogen-bond donors (Lipinski definition) is 2. The highest BCUT2D eigenvalue weighted by atomic mass is 19.1. The number of hydrogen-bond acceptors (Lipinski definition) is 4. The summed E-state index contributed by atoms with van der Waals surface area (Å²) < 4.78 is 13.5. The van der Waals surface area contributed by atoms with Gasteiger partial charge in [-0.25, -0.2) is 9.37 Å². The molecule has 1 atom stereocenters. The van der Waals surface area contributed by atoms with Gasteiger partial charge < -0.3 is 15.5 Å². The average molecular weight is 328 g/mol. The standard InChI is InChI=1S/C17H17FN4O2/c1-19-14-10-12(5-6-20-14)17(24)22-8-7-21-16(23)15(22)11-3-2-4-13(18)9-11/h2-6,9-10,15H,7-8H2,1H3,(H,19,20)(H,21,23)/t15-/m1/s1. The van der Waals surface area contributed by atoms with Gasteiger partial charge in [-0.3, -0.25) is 9.59 Å². The highest BCUT2D eigenvalue weighted by molar-refractivity contribution is 5.99. The lowest BCUT2D eigenvalue weighted by Gasteiger charge is -2.35. The quantitative estimate of drug-likeness (QED) is 0.897. The molecule has 2 aromatic rings. The fourth-order valence-corrected chi connectivity index (χ4v) is 2.76. The molecule has 7 heteroatoms. The van der Waals surface area contributed by atoms with E-state index in [-0.39, 0.29) is 11.8 Å². The number of pyridine rings is 1. The highest BCUT2D eigenvalue weighted by Gasteiger charge is 2.35. The minimum absolute atomic E-state index is 0.294. The van der Waals surface area contributed by atoms with E-state index in [1.165, 1.54) is 29.3 Å². The van der Waals surface area contributed by atoms with Crippen molar-refractivity contribution in [3.05, 3.63) is 59.5 Å². The lowest BCUT2D eigenvalue weighted by molar-refractivity contribution is -0.128. The molecule has 2 N–H and O–H groups in total. The molecule has 1 fully saturated rings. The van der Waals surface area contributed by atoms with Crippen LogP contribution in [-0.4, -0.2) is 41.8 Å². The van der Waals surface area contributed by atoms with Crippen molar-refractivity contribution in [2.75, 3.05) is 25.5 Å². The maximum Gasteiger partial charge on any atom is 0.255 e. The molecule has 0 radical (unpaired) electrons. The molecule has 124 valence electrons. The summed E-state index contributed by atoms with van der Waals surface area (Å²) >= 11 is 0. The van der Waals surface area contributed by atoms with Gasteiger partial charge in [-0.05, 0) is 29.8 Å². The Morgan fingerprint density at radius 1 is 1.38 bits per heavy atom. The van der Waals surface area contributed by atoms with Crippen LogP contribution >= 0.6 is 0 Å². The number of carbonyl (C=O) groups is 2. The summed E-state index contributed by atoms with van der Waals surface area (Å²) in [5.74, 6) is -0.495. The molecule has 2 heterocycles. The monoisotopic (exact) mass is 328 g/mol. The maximum absolute atomic E-state index is 13.5. The third-order valence-electron chi connectivity index (χ3n) is 3.90. The largest absolute Gasteiger partial charge is 0.373 e. The minimum atomic E-state index is -0.854. The van der Waals surface area contributed by atoms with Gasteiger partial charge >= 0.3 is 0 Å². The number of amides is 2. The van der Waals surface area contributed by atoms with E-state index in [0.717, 1.165) is 0 Å². The second kappa shape index (κ2) is 6.66. The first-order valence-electron chi connectivity index (χ1n) is 7.58. The van der Waals surface area contributed by atoms with E-state index in [1.54, 1.807) is 25.2 Å². The molecule has 1 aliphatic rings. The SMILES string of the molecule is CNc1cc(C(=O)N2CCNC(=O)[C@H]2c2cccc(F)c2)ccn1. The summed E-state index contributed by atoms with van der Waals surface area (Å²) in [5, 5.41) is 5.60. The molecular weight excluding hydrogens is 311 g/mol. The summed E-state index contributed by atoms with van der Waals surface area (Å²) in [6.45, 7) is 0.712. The van der Waals surface area contributed by atoms with Gasteiger partial charge in [0.05, 0.1) is 0 Å². The first kappa shape index (κ1) is 15.9. The maximum atomic E-state index is 13.5. The third-order valence-corrected chi connectivity index (χ3v) is 3.90. The lowest BCUT2D eigenvalue weighted by atomic mass is 10.0. The molecule has 0 spiro atoms. The van der Waals surface area contributed by atoms with E-state index in [1.807, 2.05) is 0 Å². The van der Waals surface area contributed by atoms with Crippen LogP contribution in [0.5, 0.6) is 0 Å². The van der Waals surface area contributed by atoms with E-state index in [2.05, 4.69) is 15.6 Å². The van der Waals surface area contributed by atoms with Gasteiger partial charge in [0.1, 0.15) is 17.7 Å². The number of benzene rings is 1. The van der Waals surface area contributed by atoms with Crippen molar-refractivity contribution in [3.63, 3.8) is 0 Å². The number of aromatic nitrogens is 1. The summed E-state index contributed by atoms with van der Waals surface area (Å²) in [6, 6.07) is 8.12. The normalized spacial score (nSPS) is 17.3. The smallest absolute Gasteiger partial charge is 0.255 e. The number of piperazine rings is 1. The fraction of sp³-hybridized carbons (Fsp3) is 0.235. The second-order valence-corrected chi connectivity index (χ2v) is 5.43. The van der Waals surface area contributed by atoms with Gasteiger partial charge in [0.25, 0.3) is 5.91 Å². The van der Waals surface area contributed by atoms with Crippen molar-refractivity contribution in [1.82, 2.24) is 15.2 Å². The summed E-state index contributed by atoms with van der Waals surface area (Å²) in [6.07, 6.45) is 1.53. The van der Waals surface area contributed by atoms with Gasteiger partial charge in [-0.1, -0.05) is 12.1 Å². The molecular formula is C17H17FN4O2. The fourth-order valence-electron chi connectivity index (χ4n) is 2.76. The molecule has 0 bridgehead atoms. The van der Waals surface area contributed by atoms with E-state index >= 15 is 0 Å². The van der Waals surface area contributed by atoms with Crippen molar-refractivity contribution >= 4 is 17.6 Å². The Morgan fingerprint density at radius 2 is 2.21 bits per heavy atom. The van der Waals surface area contributed by atoms with Crippen LogP contribution in [-0.2, 0) is 4.79 Å². The number of carbonyl (C=O) groups excluding carboxylic acids is 2. The number of halogens is 1. The average Bonchev–Trinajstić information content (AvgIpc) is 2.61. The van der Waals surface area contributed by atoms with E-state index in [9.17, 15) is 14.0 Å². The second-order valence-electron chi connectivity index (χ2n) is 5.43. The molecule has 0 aliphatic carbocycles. The van der Waals surface area contributed by atoms with Crippen LogP contribution in [0.3, 0.4) is 0 Å². The van der Waals surface area contributed by atoms with Crippen molar-refractivity contribution < 1.29 is 14.0 Å².